The molecule has 0 spiro atoms. The largest absolute Gasteiger partial charge is 0.481 e. The predicted molar refractivity (Wildman–Crippen MR) is 86.1 cm³/mol. The molecule has 1 heterocycles. The second kappa shape index (κ2) is 6.26. The Morgan fingerprint density at radius 3 is 2.76 bits per heavy atom. The molecule has 21 heavy (non-hydrogen) atoms. The highest BCUT2D eigenvalue weighted by molar-refractivity contribution is 7.13. The molecule has 1 aromatic heterocycles. The number of hydrogen-bond acceptors (Lipinski definition) is 4. The van der Waals surface area contributed by atoms with Gasteiger partial charge in [-0.2, -0.15) is 0 Å². The van der Waals surface area contributed by atoms with Gasteiger partial charge in [0.2, 0.25) is 0 Å². The van der Waals surface area contributed by atoms with E-state index in [9.17, 15) is 9.90 Å². The zero-order valence-electron chi connectivity index (χ0n) is 12.5. The van der Waals surface area contributed by atoms with Gasteiger partial charge in [0.15, 0.2) is 5.13 Å². The van der Waals surface area contributed by atoms with E-state index in [1.807, 2.05) is 17.5 Å². The van der Waals surface area contributed by atoms with Crippen molar-refractivity contribution in [1.29, 1.82) is 0 Å². The molecule has 0 aliphatic rings. The molecule has 0 atom stereocenters. The summed E-state index contributed by atoms with van der Waals surface area (Å²) < 4.78 is 0. The van der Waals surface area contributed by atoms with E-state index in [-0.39, 0.29) is 0 Å². The van der Waals surface area contributed by atoms with E-state index in [2.05, 4.69) is 29.4 Å². The number of aryl methyl sites for hydroxylation is 1. The molecule has 4 nitrogen and oxygen atoms in total. The van der Waals surface area contributed by atoms with Gasteiger partial charge in [0.25, 0.3) is 0 Å². The maximum Gasteiger partial charge on any atom is 0.315 e. The Labute approximate surface area is 128 Å². The van der Waals surface area contributed by atoms with Crippen LogP contribution in [0.15, 0.2) is 29.6 Å². The quantitative estimate of drug-likeness (QED) is 0.858. The van der Waals surface area contributed by atoms with Gasteiger partial charge in [0, 0.05) is 11.9 Å². The average molecular weight is 304 g/mol. The number of carboxylic acids is 1. The van der Waals surface area contributed by atoms with Gasteiger partial charge in [-0.25, -0.2) is 4.98 Å². The van der Waals surface area contributed by atoms with Gasteiger partial charge in [-0.05, 0) is 38.3 Å². The molecule has 0 saturated carbocycles. The zero-order chi connectivity index (χ0) is 15.5. The van der Waals surface area contributed by atoms with Gasteiger partial charge in [0.05, 0.1) is 5.69 Å². The molecule has 0 fully saturated rings. The zero-order valence-corrected chi connectivity index (χ0v) is 13.3. The van der Waals surface area contributed by atoms with Crippen molar-refractivity contribution in [2.24, 2.45) is 0 Å². The van der Waals surface area contributed by atoms with Gasteiger partial charge < -0.3 is 10.4 Å². The molecule has 0 amide bonds. The SMILES string of the molecule is Cc1ccccc1CCNc1nc(C(C)(C)C(=O)O)cs1. The van der Waals surface area contributed by atoms with Crippen LogP contribution < -0.4 is 5.32 Å². The minimum Gasteiger partial charge on any atom is -0.481 e. The molecule has 0 bridgehead atoms. The van der Waals surface area contributed by atoms with Crippen molar-refractivity contribution >= 4 is 22.4 Å². The molecular formula is C16H20N2O2S. The van der Waals surface area contributed by atoms with Crippen molar-refractivity contribution in [2.75, 3.05) is 11.9 Å². The Balaban J connectivity index is 1.95. The Kier molecular flexibility index (Phi) is 4.63. The Morgan fingerprint density at radius 2 is 2.10 bits per heavy atom. The van der Waals surface area contributed by atoms with Crippen LogP contribution in [0.4, 0.5) is 5.13 Å². The summed E-state index contributed by atoms with van der Waals surface area (Å²) >= 11 is 1.45. The number of thiazole rings is 1. The Bertz CT molecular complexity index is 635. The lowest BCUT2D eigenvalue weighted by Gasteiger charge is -2.15. The number of aliphatic carboxylic acids is 1. The molecule has 1 aromatic carbocycles. The number of nitrogens with one attached hydrogen (secondary N) is 1. The second-order valence-corrected chi connectivity index (χ2v) is 6.43. The lowest BCUT2D eigenvalue weighted by molar-refractivity contribution is -0.142. The van der Waals surface area contributed by atoms with Crippen LogP contribution in [0.3, 0.4) is 0 Å². The number of aromatic nitrogens is 1. The van der Waals surface area contributed by atoms with Crippen LogP contribution >= 0.6 is 11.3 Å². The van der Waals surface area contributed by atoms with Crippen LogP contribution in [0.1, 0.15) is 30.7 Å². The highest BCUT2D eigenvalue weighted by Crippen LogP contribution is 2.27. The van der Waals surface area contributed by atoms with Gasteiger partial charge in [-0.15, -0.1) is 11.3 Å². The summed E-state index contributed by atoms with van der Waals surface area (Å²) in [4.78, 5) is 15.6. The van der Waals surface area contributed by atoms with Gasteiger partial charge in [0.1, 0.15) is 5.41 Å². The molecule has 5 heteroatoms. The first-order chi connectivity index (χ1) is 9.91. The van der Waals surface area contributed by atoms with E-state index in [0.717, 1.165) is 18.1 Å². The summed E-state index contributed by atoms with van der Waals surface area (Å²) in [7, 11) is 0. The van der Waals surface area contributed by atoms with E-state index in [0.29, 0.717) is 5.69 Å². The number of hydrogen-bond donors (Lipinski definition) is 2. The van der Waals surface area contributed by atoms with Crippen molar-refractivity contribution in [1.82, 2.24) is 4.98 Å². The third-order valence-corrected chi connectivity index (χ3v) is 4.41. The predicted octanol–water partition coefficient (Wildman–Crippen LogP) is 3.47. The first-order valence-electron chi connectivity index (χ1n) is 6.89. The van der Waals surface area contributed by atoms with Crippen molar-refractivity contribution in [3.8, 4) is 0 Å². The fraction of sp³-hybridized carbons (Fsp3) is 0.375. The van der Waals surface area contributed by atoms with Crippen LogP contribution in [-0.4, -0.2) is 22.6 Å². The monoisotopic (exact) mass is 304 g/mol. The highest BCUT2D eigenvalue weighted by Gasteiger charge is 2.32. The summed E-state index contributed by atoms with van der Waals surface area (Å²) in [6, 6.07) is 8.30. The van der Waals surface area contributed by atoms with Gasteiger partial charge >= 0.3 is 5.97 Å². The van der Waals surface area contributed by atoms with Crippen molar-refractivity contribution in [3.63, 3.8) is 0 Å². The molecular weight excluding hydrogens is 284 g/mol. The summed E-state index contributed by atoms with van der Waals surface area (Å²) in [6.45, 7) is 6.22. The average Bonchev–Trinajstić information content (AvgIpc) is 2.90. The van der Waals surface area contributed by atoms with Gasteiger partial charge in [-0.1, -0.05) is 24.3 Å². The first-order valence-corrected chi connectivity index (χ1v) is 7.77. The normalized spacial score (nSPS) is 11.4. The molecule has 0 aliphatic carbocycles. The van der Waals surface area contributed by atoms with Crippen LogP contribution in [0.2, 0.25) is 0 Å². The van der Waals surface area contributed by atoms with E-state index in [1.165, 1.54) is 22.5 Å². The highest BCUT2D eigenvalue weighted by atomic mass is 32.1. The van der Waals surface area contributed by atoms with Crippen LogP contribution in [0.5, 0.6) is 0 Å². The first kappa shape index (κ1) is 15.5. The van der Waals surface area contributed by atoms with Crippen molar-refractivity contribution in [3.05, 3.63) is 46.5 Å². The molecule has 0 radical (unpaired) electrons. The molecule has 2 aromatic rings. The lowest BCUT2D eigenvalue weighted by atomic mass is 9.90. The molecule has 2 N–H and O–H groups in total. The lowest BCUT2D eigenvalue weighted by Crippen LogP contribution is -2.28. The van der Waals surface area contributed by atoms with E-state index < -0.39 is 11.4 Å². The standard InChI is InChI=1S/C16H20N2O2S/c1-11-6-4-5-7-12(11)8-9-17-15-18-13(10-21-15)16(2,3)14(19)20/h4-7,10H,8-9H2,1-3H3,(H,17,18)(H,19,20). The van der Waals surface area contributed by atoms with E-state index in [4.69, 9.17) is 0 Å². The summed E-state index contributed by atoms with van der Waals surface area (Å²) in [5, 5.41) is 15.1. The van der Waals surface area contributed by atoms with Gasteiger partial charge in [-0.3, -0.25) is 4.79 Å². The van der Waals surface area contributed by atoms with Crippen LogP contribution in [-0.2, 0) is 16.6 Å². The molecule has 0 aliphatic heterocycles. The minimum atomic E-state index is -0.952. The summed E-state index contributed by atoms with van der Waals surface area (Å²) in [6.07, 6.45) is 0.921. The van der Waals surface area contributed by atoms with Crippen molar-refractivity contribution in [2.45, 2.75) is 32.6 Å². The molecule has 2 rings (SSSR count). The van der Waals surface area contributed by atoms with Crippen LogP contribution in [0.25, 0.3) is 0 Å². The van der Waals surface area contributed by atoms with Crippen LogP contribution in [0, 0.1) is 6.92 Å². The summed E-state index contributed by atoms with van der Waals surface area (Å²) in [5.74, 6) is -0.862. The third kappa shape index (κ3) is 3.61. The fourth-order valence-electron chi connectivity index (χ4n) is 1.95. The molecule has 112 valence electrons. The third-order valence-electron chi connectivity index (χ3n) is 3.61. The Morgan fingerprint density at radius 1 is 1.38 bits per heavy atom. The number of anilines is 1. The number of carboxylic acid groups (broad SMARTS) is 1. The smallest absolute Gasteiger partial charge is 0.315 e. The number of rotatable bonds is 6. The maximum atomic E-state index is 11.2. The molecule has 0 unspecified atom stereocenters. The van der Waals surface area contributed by atoms with Crippen molar-refractivity contribution < 1.29 is 9.90 Å². The topological polar surface area (TPSA) is 62.2 Å². The minimum absolute atomic E-state index is 0.596. The Hall–Kier alpha value is -1.88. The second-order valence-electron chi connectivity index (χ2n) is 5.57. The maximum absolute atomic E-state index is 11.2. The molecule has 0 saturated heterocycles. The number of benzene rings is 1. The summed E-state index contributed by atoms with van der Waals surface area (Å²) in [5.41, 5.74) is 2.24. The number of carbonyl (C=O) groups is 1. The van der Waals surface area contributed by atoms with E-state index >= 15 is 0 Å². The number of nitrogens with zero attached hydrogens (tertiary/aromatic N) is 1. The van der Waals surface area contributed by atoms with E-state index in [1.54, 1.807) is 13.8 Å². The fourth-order valence-corrected chi connectivity index (χ4v) is 2.85.